The minimum Gasteiger partial charge on any atom is -0.489 e. The molecule has 0 atom stereocenters. The van der Waals surface area contributed by atoms with E-state index in [1.54, 1.807) is 18.4 Å². The van der Waals surface area contributed by atoms with Gasteiger partial charge in [-0.25, -0.2) is 10.4 Å². The second kappa shape index (κ2) is 9.50. The fraction of sp³-hybridized carbons (Fsp3) is 0.0385. The third kappa shape index (κ3) is 4.67. The highest BCUT2D eigenvalue weighted by Crippen LogP contribution is 2.24. The predicted molar refractivity (Wildman–Crippen MR) is 124 cm³/mol. The molecule has 1 N–H and O–H groups in total. The maximum atomic E-state index is 13.0. The van der Waals surface area contributed by atoms with Gasteiger partial charge in [0.1, 0.15) is 12.4 Å². The topological polar surface area (TPSA) is 63.6 Å². The molecule has 0 spiro atoms. The third-order valence-electron chi connectivity index (χ3n) is 4.68. The number of ether oxygens (including phenoxy) is 1. The molecule has 5 heteroatoms. The van der Waals surface area contributed by atoms with E-state index in [4.69, 9.17) is 9.72 Å². The van der Waals surface area contributed by atoms with Crippen LogP contribution in [0, 0.1) is 0 Å². The van der Waals surface area contributed by atoms with E-state index >= 15 is 0 Å². The van der Waals surface area contributed by atoms with E-state index < -0.39 is 0 Å². The first-order valence-corrected chi connectivity index (χ1v) is 9.87. The Kier molecular flexibility index (Phi) is 6.14. The smallest absolute Gasteiger partial charge is 0.272 e. The minimum absolute atomic E-state index is 0.309. The predicted octanol–water partition coefficient (Wildman–Crippen LogP) is 5.23. The van der Waals surface area contributed by atoms with Crippen molar-refractivity contribution in [3.8, 4) is 17.0 Å². The van der Waals surface area contributed by atoms with Crippen LogP contribution >= 0.6 is 0 Å². The number of fused-ring (bicyclic) bond motifs is 1. The zero-order valence-corrected chi connectivity index (χ0v) is 16.9. The number of para-hydroxylation sites is 2. The largest absolute Gasteiger partial charge is 0.489 e. The SMILES string of the molecule is C=CCOc1ccccc1/C=N/NC(=O)c1cc(-c2ccccc2)nc2ccccc12. The molecule has 152 valence electrons. The molecule has 0 bridgehead atoms. The molecule has 1 heterocycles. The number of hydrogen-bond acceptors (Lipinski definition) is 4. The summed E-state index contributed by atoms with van der Waals surface area (Å²) in [6.07, 6.45) is 3.24. The Morgan fingerprint density at radius 1 is 1.00 bits per heavy atom. The highest BCUT2D eigenvalue weighted by atomic mass is 16.5. The molecule has 1 aromatic heterocycles. The Hall–Kier alpha value is -4.25. The molecular weight excluding hydrogens is 386 g/mol. The van der Waals surface area contributed by atoms with Gasteiger partial charge in [0.25, 0.3) is 5.91 Å². The molecule has 5 nitrogen and oxygen atoms in total. The molecule has 0 aliphatic rings. The van der Waals surface area contributed by atoms with Crippen LogP contribution in [-0.4, -0.2) is 23.7 Å². The number of nitrogens with zero attached hydrogens (tertiary/aromatic N) is 2. The maximum absolute atomic E-state index is 13.0. The second-order valence-electron chi connectivity index (χ2n) is 6.77. The highest BCUT2D eigenvalue weighted by Gasteiger charge is 2.13. The van der Waals surface area contributed by atoms with Gasteiger partial charge in [0.2, 0.25) is 0 Å². The number of carbonyl (C=O) groups is 1. The molecule has 4 aromatic rings. The third-order valence-corrected chi connectivity index (χ3v) is 4.68. The summed E-state index contributed by atoms with van der Waals surface area (Å²) in [6.45, 7) is 4.05. The first kappa shape index (κ1) is 20.0. The Labute approximate surface area is 180 Å². The minimum atomic E-state index is -0.309. The summed E-state index contributed by atoms with van der Waals surface area (Å²) in [5.41, 5.74) is 6.33. The Balaban J connectivity index is 1.62. The lowest BCUT2D eigenvalue weighted by atomic mass is 10.0. The van der Waals surface area contributed by atoms with Crippen molar-refractivity contribution in [3.05, 3.63) is 109 Å². The molecule has 1 amide bonds. The van der Waals surface area contributed by atoms with Crippen molar-refractivity contribution < 1.29 is 9.53 Å². The fourth-order valence-corrected chi connectivity index (χ4v) is 3.21. The van der Waals surface area contributed by atoms with Gasteiger partial charge in [0.05, 0.1) is 23.0 Å². The summed E-state index contributed by atoms with van der Waals surface area (Å²) in [6, 6.07) is 26.6. The van der Waals surface area contributed by atoms with Crippen LogP contribution in [0.3, 0.4) is 0 Å². The molecule has 0 aliphatic carbocycles. The molecular formula is C26H21N3O2. The lowest BCUT2D eigenvalue weighted by Crippen LogP contribution is -2.18. The van der Waals surface area contributed by atoms with E-state index in [-0.39, 0.29) is 5.91 Å². The molecule has 0 saturated carbocycles. The van der Waals surface area contributed by atoms with Crippen LogP contribution in [-0.2, 0) is 0 Å². The first-order chi connectivity index (χ1) is 15.3. The quantitative estimate of drug-likeness (QED) is 0.259. The summed E-state index contributed by atoms with van der Waals surface area (Å²) in [5.74, 6) is 0.359. The van der Waals surface area contributed by atoms with Crippen LogP contribution in [0.2, 0.25) is 0 Å². The normalized spacial score (nSPS) is 10.8. The van der Waals surface area contributed by atoms with Crippen molar-refractivity contribution in [1.82, 2.24) is 10.4 Å². The number of amides is 1. The average molecular weight is 407 g/mol. The summed E-state index contributed by atoms with van der Waals surface area (Å²) in [5, 5.41) is 4.91. The maximum Gasteiger partial charge on any atom is 0.272 e. The first-order valence-electron chi connectivity index (χ1n) is 9.87. The molecule has 0 radical (unpaired) electrons. The number of rotatable bonds is 7. The van der Waals surface area contributed by atoms with Crippen LogP contribution in [0.15, 0.2) is 103 Å². The molecule has 3 aromatic carbocycles. The monoisotopic (exact) mass is 407 g/mol. The van der Waals surface area contributed by atoms with Crippen molar-refractivity contribution in [3.63, 3.8) is 0 Å². The number of nitrogens with one attached hydrogen (secondary N) is 1. The van der Waals surface area contributed by atoms with Gasteiger partial charge in [0.15, 0.2) is 0 Å². The van der Waals surface area contributed by atoms with Crippen LogP contribution in [0.1, 0.15) is 15.9 Å². The lowest BCUT2D eigenvalue weighted by Gasteiger charge is -2.09. The average Bonchev–Trinajstić information content (AvgIpc) is 2.83. The van der Waals surface area contributed by atoms with E-state index in [1.807, 2.05) is 78.9 Å². The molecule has 4 rings (SSSR count). The number of hydrazone groups is 1. The van der Waals surface area contributed by atoms with Crippen LogP contribution in [0.5, 0.6) is 5.75 Å². The van der Waals surface area contributed by atoms with Gasteiger partial charge >= 0.3 is 0 Å². The Bertz CT molecular complexity index is 1250. The standard InChI is InChI=1S/C26H21N3O2/c1-2-16-31-25-15-9-6-12-20(25)18-27-29-26(30)22-17-24(19-10-4-3-5-11-19)28-23-14-8-7-13-21(22)23/h2-15,17-18H,1,16H2,(H,29,30)/b27-18+. The van der Waals surface area contributed by atoms with Crippen LogP contribution in [0.4, 0.5) is 0 Å². The van der Waals surface area contributed by atoms with Crippen molar-refractivity contribution in [2.75, 3.05) is 6.61 Å². The van der Waals surface area contributed by atoms with E-state index in [0.29, 0.717) is 17.9 Å². The van der Waals surface area contributed by atoms with Crippen molar-refractivity contribution >= 4 is 23.0 Å². The van der Waals surface area contributed by atoms with Gasteiger partial charge in [-0.2, -0.15) is 5.10 Å². The van der Waals surface area contributed by atoms with Gasteiger partial charge in [0, 0.05) is 16.5 Å². The highest BCUT2D eigenvalue weighted by molar-refractivity contribution is 6.07. The number of benzene rings is 3. The molecule has 0 saturated heterocycles. The van der Waals surface area contributed by atoms with Gasteiger partial charge in [-0.3, -0.25) is 4.79 Å². The van der Waals surface area contributed by atoms with Gasteiger partial charge in [-0.1, -0.05) is 73.3 Å². The van der Waals surface area contributed by atoms with Crippen molar-refractivity contribution in [2.24, 2.45) is 5.10 Å². The summed E-state index contributed by atoms with van der Waals surface area (Å²) < 4.78 is 5.62. The van der Waals surface area contributed by atoms with E-state index in [9.17, 15) is 4.79 Å². The molecule has 0 unspecified atom stereocenters. The Morgan fingerprint density at radius 3 is 2.58 bits per heavy atom. The van der Waals surface area contributed by atoms with Gasteiger partial charge in [-0.15, -0.1) is 0 Å². The van der Waals surface area contributed by atoms with Crippen molar-refractivity contribution in [1.29, 1.82) is 0 Å². The summed E-state index contributed by atoms with van der Waals surface area (Å²) in [7, 11) is 0. The molecule has 0 aliphatic heterocycles. The number of hydrogen-bond donors (Lipinski definition) is 1. The van der Waals surface area contributed by atoms with E-state index in [2.05, 4.69) is 17.1 Å². The lowest BCUT2D eigenvalue weighted by molar-refractivity contribution is 0.0956. The molecule has 0 fully saturated rings. The van der Waals surface area contributed by atoms with E-state index in [0.717, 1.165) is 27.7 Å². The van der Waals surface area contributed by atoms with Crippen LogP contribution in [0.25, 0.3) is 22.2 Å². The fourth-order valence-electron chi connectivity index (χ4n) is 3.21. The zero-order chi connectivity index (χ0) is 21.5. The Morgan fingerprint density at radius 2 is 1.74 bits per heavy atom. The van der Waals surface area contributed by atoms with Gasteiger partial charge in [-0.05, 0) is 24.3 Å². The van der Waals surface area contributed by atoms with E-state index in [1.165, 1.54) is 0 Å². The number of carbonyl (C=O) groups excluding carboxylic acids is 1. The second-order valence-corrected chi connectivity index (χ2v) is 6.77. The summed E-state index contributed by atoms with van der Waals surface area (Å²) >= 11 is 0. The van der Waals surface area contributed by atoms with Crippen molar-refractivity contribution in [2.45, 2.75) is 0 Å². The number of aromatic nitrogens is 1. The zero-order valence-electron chi connectivity index (χ0n) is 16.9. The van der Waals surface area contributed by atoms with Gasteiger partial charge < -0.3 is 4.74 Å². The number of pyridine rings is 1. The molecule has 31 heavy (non-hydrogen) atoms. The summed E-state index contributed by atoms with van der Waals surface area (Å²) in [4.78, 5) is 17.7. The van der Waals surface area contributed by atoms with Crippen LogP contribution < -0.4 is 10.2 Å².